The maximum Gasteiger partial charge on any atom is 0.0653 e. The van der Waals surface area contributed by atoms with Crippen molar-refractivity contribution >= 4 is 0 Å². The summed E-state index contributed by atoms with van der Waals surface area (Å²) < 4.78 is 5.55. The van der Waals surface area contributed by atoms with Crippen LogP contribution in [0.1, 0.15) is 27.7 Å². The van der Waals surface area contributed by atoms with E-state index in [2.05, 4.69) is 33.0 Å². The van der Waals surface area contributed by atoms with Crippen LogP contribution >= 0.6 is 0 Å². The first kappa shape index (κ1) is 10.0. The van der Waals surface area contributed by atoms with Gasteiger partial charge < -0.3 is 10.1 Å². The van der Waals surface area contributed by atoms with Crippen molar-refractivity contribution in [1.82, 2.24) is 5.32 Å². The van der Waals surface area contributed by atoms with E-state index in [1.54, 1.807) is 0 Å². The monoisotopic (exact) mass is 171 g/mol. The predicted molar refractivity (Wildman–Crippen MR) is 51.2 cm³/mol. The van der Waals surface area contributed by atoms with Crippen molar-refractivity contribution in [3.05, 3.63) is 0 Å². The highest BCUT2D eigenvalue weighted by Crippen LogP contribution is 2.28. The summed E-state index contributed by atoms with van der Waals surface area (Å²) in [6, 6.07) is 0. The molecule has 2 heteroatoms. The molecule has 72 valence electrons. The summed E-state index contributed by atoms with van der Waals surface area (Å²) in [4.78, 5) is 0. The van der Waals surface area contributed by atoms with Crippen molar-refractivity contribution in [3.63, 3.8) is 0 Å². The van der Waals surface area contributed by atoms with E-state index in [0.717, 1.165) is 19.8 Å². The van der Waals surface area contributed by atoms with Crippen molar-refractivity contribution in [2.45, 2.75) is 33.2 Å². The molecule has 2 nitrogen and oxygen atoms in total. The average Bonchev–Trinajstić information content (AvgIpc) is 2.05. The molecule has 0 bridgehead atoms. The fraction of sp³-hybridized carbons (Fsp3) is 1.00. The first-order chi connectivity index (χ1) is 5.59. The van der Waals surface area contributed by atoms with Crippen molar-refractivity contribution in [1.29, 1.82) is 0 Å². The summed E-state index contributed by atoms with van der Waals surface area (Å²) in [5.41, 5.74) is 0.207. The van der Waals surface area contributed by atoms with Gasteiger partial charge in [-0.3, -0.25) is 0 Å². The average molecular weight is 171 g/mol. The van der Waals surface area contributed by atoms with Gasteiger partial charge in [0.2, 0.25) is 0 Å². The largest absolute Gasteiger partial charge is 0.378 e. The van der Waals surface area contributed by atoms with E-state index in [1.165, 1.54) is 0 Å². The number of ether oxygens (including phenoxy) is 1. The van der Waals surface area contributed by atoms with Gasteiger partial charge in [0.1, 0.15) is 0 Å². The molecule has 1 heterocycles. The summed E-state index contributed by atoms with van der Waals surface area (Å²) in [5, 5.41) is 3.61. The lowest BCUT2D eigenvalue weighted by Gasteiger charge is -2.44. The smallest absolute Gasteiger partial charge is 0.0653 e. The van der Waals surface area contributed by atoms with Gasteiger partial charge in [0, 0.05) is 12.1 Å². The zero-order valence-electron chi connectivity index (χ0n) is 8.68. The van der Waals surface area contributed by atoms with Crippen LogP contribution in [-0.4, -0.2) is 25.3 Å². The third-order valence-corrected chi connectivity index (χ3v) is 3.10. The molecule has 0 unspecified atom stereocenters. The number of morpholine rings is 1. The molecule has 0 radical (unpaired) electrons. The number of rotatable bonds is 2. The van der Waals surface area contributed by atoms with Crippen molar-refractivity contribution in [2.75, 3.05) is 19.8 Å². The molecule has 12 heavy (non-hydrogen) atoms. The van der Waals surface area contributed by atoms with Gasteiger partial charge in [-0.1, -0.05) is 27.7 Å². The predicted octanol–water partition coefficient (Wildman–Crippen LogP) is 1.66. The van der Waals surface area contributed by atoms with Crippen LogP contribution in [0.2, 0.25) is 0 Å². The Bertz CT molecular complexity index is 127. The Labute approximate surface area is 75.7 Å². The molecule has 0 saturated carbocycles. The molecule has 1 saturated heterocycles. The molecule has 0 aliphatic carbocycles. The number of hydrogen-bond donors (Lipinski definition) is 1. The molecule has 1 N–H and O–H groups in total. The summed E-state index contributed by atoms with van der Waals surface area (Å²) in [6.07, 6.45) is 0. The second-order valence-electron chi connectivity index (χ2n) is 4.33. The highest BCUT2D eigenvalue weighted by molar-refractivity contribution is 4.95. The van der Waals surface area contributed by atoms with Crippen LogP contribution in [0.5, 0.6) is 0 Å². The molecular formula is C10H21NO. The molecular weight excluding hydrogens is 150 g/mol. The second kappa shape index (κ2) is 3.75. The van der Waals surface area contributed by atoms with E-state index in [0.29, 0.717) is 11.8 Å². The van der Waals surface area contributed by atoms with Crippen LogP contribution in [0.4, 0.5) is 0 Å². The molecule has 0 aromatic heterocycles. The van der Waals surface area contributed by atoms with Gasteiger partial charge in [-0.2, -0.15) is 0 Å². The Kier molecular flexibility index (Phi) is 3.13. The van der Waals surface area contributed by atoms with E-state index in [1.807, 2.05) is 0 Å². The minimum Gasteiger partial charge on any atom is -0.378 e. The molecule has 0 aromatic carbocycles. The van der Waals surface area contributed by atoms with E-state index in [-0.39, 0.29) is 5.54 Å². The Balaban J connectivity index is 2.70. The third-order valence-electron chi connectivity index (χ3n) is 3.10. The molecule has 1 rings (SSSR count). The highest BCUT2D eigenvalue weighted by Gasteiger charge is 2.38. The Morgan fingerprint density at radius 2 is 1.75 bits per heavy atom. The van der Waals surface area contributed by atoms with Gasteiger partial charge >= 0.3 is 0 Å². The van der Waals surface area contributed by atoms with Gasteiger partial charge in [0.15, 0.2) is 0 Å². The van der Waals surface area contributed by atoms with Gasteiger partial charge in [0.05, 0.1) is 13.2 Å². The topological polar surface area (TPSA) is 21.3 Å². The molecule has 1 aliphatic rings. The summed E-state index contributed by atoms with van der Waals surface area (Å²) in [7, 11) is 0. The minimum absolute atomic E-state index is 0.207. The van der Waals surface area contributed by atoms with E-state index >= 15 is 0 Å². The van der Waals surface area contributed by atoms with Crippen LogP contribution < -0.4 is 5.32 Å². The maximum absolute atomic E-state index is 5.55. The van der Waals surface area contributed by atoms with Crippen LogP contribution in [0.15, 0.2) is 0 Å². The molecule has 0 spiro atoms. The quantitative estimate of drug-likeness (QED) is 0.682. The van der Waals surface area contributed by atoms with E-state index in [4.69, 9.17) is 4.74 Å². The highest BCUT2D eigenvalue weighted by atomic mass is 16.5. The van der Waals surface area contributed by atoms with Crippen LogP contribution in [-0.2, 0) is 4.74 Å². The lowest BCUT2D eigenvalue weighted by atomic mass is 9.77. The molecule has 0 aromatic rings. The van der Waals surface area contributed by atoms with Gasteiger partial charge in [0.25, 0.3) is 0 Å². The first-order valence-electron chi connectivity index (χ1n) is 4.92. The van der Waals surface area contributed by atoms with Gasteiger partial charge in [-0.15, -0.1) is 0 Å². The van der Waals surface area contributed by atoms with Crippen molar-refractivity contribution < 1.29 is 4.74 Å². The Morgan fingerprint density at radius 1 is 1.17 bits per heavy atom. The van der Waals surface area contributed by atoms with E-state index < -0.39 is 0 Å². The Morgan fingerprint density at radius 3 is 2.00 bits per heavy atom. The third kappa shape index (κ3) is 1.64. The van der Waals surface area contributed by atoms with Crippen LogP contribution in [0.3, 0.4) is 0 Å². The zero-order chi connectivity index (χ0) is 9.19. The summed E-state index contributed by atoms with van der Waals surface area (Å²) in [5.74, 6) is 1.27. The fourth-order valence-electron chi connectivity index (χ4n) is 2.06. The lowest BCUT2D eigenvalue weighted by Crippen LogP contribution is -2.60. The van der Waals surface area contributed by atoms with Gasteiger partial charge in [-0.25, -0.2) is 0 Å². The standard InChI is InChI=1S/C10H21NO/c1-8(2)10(9(3)4)7-12-6-5-11-10/h8-9,11H,5-7H2,1-4H3. The number of hydrogen-bond acceptors (Lipinski definition) is 2. The maximum atomic E-state index is 5.55. The Hall–Kier alpha value is -0.0800. The normalized spacial score (nSPS) is 23.5. The van der Waals surface area contributed by atoms with E-state index in [9.17, 15) is 0 Å². The van der Waals surface area contributed by atoms with Crippen LogP contribution in [0.25, 0.3) is 0 Å². The zero-order valence-corrected chi connectivity index (χ0v) is 8.68. The molecule has 0 atom stereocenters. The minimum atomic E-state index is 0.207. The van der Waals surface area contributed by atoms with Crippen molar-refractivity contribution in [2.24, 2.45) is 11.8 Å². The lowest BCUT2D eigenvalue weighted by molar-refractivity contribution is -0.0188. The summed E-state index contributed by atoms with van der Waals surface area (Å²) in [6.45, 7) is 11.8. The molecule has 1 aliphatic heterocycles. The fourth-order valence-corrected chi connectivity index (χ4v) is 2.06. The van der Waals surface area contributed by atoms with Gasteiger partial charge in [-0.05, 0) is 11.8 Å². The van der Waals surface area contributed by atoms with Crippen LogP contribution in [0, 0.1) is 11.8 Å². The van der Waals surface area contributed by atoms with Crippen molar-refractivity contribution in [3.8, 4) is 0 Å². The first-order valence-corrected chi connectivity index (χ1v) is 4.92. The second-order valence-corrected chi connectivity index (χ2v) is 4.33. The molecule has 0 amide bonds. The summed E-state index contributed by atoms with van der Waals surface area (Å²) >= 11 is 0. The molecule has 1 fully saturated rings. The SMILES string of the molecule is CC(C)C1(C(C)C)COCCN1. The number of nitrogens with one attached hydrogen (secondary N) is 1.